The first-order valence-corrected chi connectivity index (χ1v) is 6.89. The Morgan fingerprint density at radius 2 is 1.94 bits per heavy atom. The molecule has 1 fully saturated rings. The van der Waals surface area contributed by atoms with Crippen molar-refractivity contribution in [3.05, 3.63) is 0 Å². The van der Waals surface area contributed by atoms with Gasteiger partial charge < -0.3 is 16.4 Å². The van der Waals surface area contributed by atoms with Crippen molar-refractivity contribution in [2.75, 3.05) is 13.1 Å². The van der Waals surface area contributed by atoms with E-state index in [0.717, 1.165) is 38.5 Å². The van der Waals surface area contributed by atoms with Gasteiger partial charge in [0.1, 0.15) is 0 Å². The molecular weight excluding hydrogens is 230 g/mol. The molecule has 0 saturated heterocycles. The van der Waals surface area contributed by atoms with E-state index >= 15 is 0 Å². The third-order valence-corrected chi connectivity index (χ3v) is 3.58. The third-order valence-electron chi connectivity index (χ3n) is 3.58. The van der Waals surface area contributed by atoms with Gasteiger partial charge in [-0.05, 0) is 19.3 Å². The van der Waals surface area contributed by atoms with Gasteiger partial charge >= 0.3 is 0 Å². The van der Waals surface area contributed by atoms with Gasteiger partial charge in [0.05, 0.1) is 12.5 Å². The van der Waals surface area contributed by atoms with Crippen LogP contribution in [0.15, 0.2) is 0 Å². The van der Waals surface area contributed by atoms with Crippen LogP contribution in [0, 0.1) is 5.92 Å². The normalized spacial score (nSPS) is 23.7. The molecule has 5 nitrogen and oxygen atoms in total. The quantitative estimate of drug-likeness (QED) is 0.729. The van der Waals surface area contributed by atoms with Gasteiger partial charge in [-0.15, -0.1) is 0 Å². The zero-order valence-electron chi connectivity index (χ0n) is 11.2. The van der Waals surface area contributed by atoms with Crippen LogP contribution in [0.2, 0.25) is 0 Å². The molecule has 0 aromatic rings. The van der Waals surface area contributed by atoms with Gasteiger partial charge in [-0.3, -0.25) is 9.59 Å². The van der Waals surface area contributed by atoms with E-state index in [2.05, 4.69) is 6.92 Å². The highest BCUT2D eigenvalue weighted by Gasteiger charge is 2.31. The summed E-state index contributed by atoms with van der Waals surface area (Å²) in [7, 11) is 0. The lowest BCUT2D eigenvalue weighted by molar-refractivity contribution is -0.140. The minimum Gasteiger partial charge on any atom is -0.368 e. The topological polar surface area (TPSA) is 89.4 Å². The molecule has 4 N–H and O–H groups in total. The molecule has 2 amide bonds. The van der Waals surface area contributed by atoms with Crippen molar-refractivity contribution in [3.8, 4) is 0 Å². The van der Waals surface area contributed by atoms with E-state index in [1.165, 1.54) is 0 Å². The molecule has 0 heterocycles. The first-order valence-electron chi connectivity index (χ1n) is 6.89. The van der Waals surface area contributed by atoms with Crippen molar-refractivity contribution >= 4 is 11.8 Å². The fraction of sp³-hybridized carbons (Fsp3) is 0.846. The van der Waals surface area contributed by atoms with Crippen LogP contribution in [0.5, 0.6) is 0 Å². The minimum atomic E-state index is -0.455. The maximum atomic E-state index is 12.4. The summed E-state index contributed by atoms with van der Waals surface area (Å²) in [6.07, 6.45) is 5.74. The van der Waals surface area contributed by atoms with Crippen LogP contribution in [0.25, 0.3) is 0 Å². The predicted molar refractivity (Wildman–Crippen MR) is 70.6 cm³/mol. The Bertz CT molecular complexity index is 294. The van der Waals surface area contributed by atoms with Crippen molar-refractivity contribution in [2.45, 2.75) is 51.5 Å². The van der Waals surface area contributed by atoms with E-state index < -0.39 is 5.91 Å². The van der Waals surface area contributed by atoms with Crippen LogP contribution in [0.1, 0.15) is 45.4 Å². The highest BCUT2D eigenvalue weighted by atomic mass is 16.2. The van der Waals surface area contributed by atoms with Crippen molar-refractivity contribution < 1.29 is 9.59 Å². The van der Waals surface area contributed by atoms with Crippen molar-refractivity contribution in [2.24, 2.45) is 17.4 Å². The van der Waals surface area contributed by atoms with Crippen molar-refractivity contribution in [1.29, 1.82) is 0 Å². The standard InChI is InChI=1S/C13H25N3O2/c1-2-3-8-16(9-12(15)17)13(18)10-6-4-5-7-11(10)14/h10-11H,2-9,14H2,1H3,(H2,15,17). The van der Waals surface area contributed by atoms with Crippen LogP contribution >= 0.6 is 0 Å². The van der Waals surface area contributed by atoms with E-state index in [1.54, 1.807) is 4.90 Å². The van der Waals surface area contributed by atoms with E-state index in [1.807, 2.05) is 0 Å². The maximum absolute atomic E-state index is 12.4. The van der Waals surface area contributed by atoms with Gasteiger partial charge in [0.15, 0.2) is 0 Å². The summed E-state index contributed by atoms with van der Waals surface area (Å²) in [5.74, 6) is -0.576. The lowest BCUT2D eigenvalue weighted by Gasteiger charge is -2.32. The molecule has 0 aromatic heterocycles. The van der Waals surface area contributed by atoms with Gasteiger partial charge in [0.25, 0.3) is 0 Å². The lowest BCUT2D eigenvalue weighted by atomic mass is 9.84. The number of rotatable bonds is 6. The fourth-order valence-corrected chi connectivity index (χ4v) is 2.50. The molecule has 1 aliphatic rings. The van der Waals surface area contributed by atoms with Crippen molar-refractivity contribution in [3.63, 3.8) is 0 Å². The molecule has 18 heavy (non-hydrogen) atoms. The summed E-state index contributed by atoms with van der Waals surface area (Å²) < 4.78 is 0. The number of nitrogens with zero attached hydrogens (tertiary/aromatic N) is 1. The minimum absolute atomic E-state index is 0.00875. The van der Waals surface area contributed by atoms with Crippen LogP contribution in [0.4, 0.5) is 0 Å². The summed E-state index contributed by atoms with van der Waals surface area (Å²) in [4.78, 5) is 25.0. The zero-order chi connectivity index (χ0) is 13.5. The summed E-state index contributed by atoms with van der Waals surface area (Å²) >= 11 is 0. The molecule has 104 valence electrons. The van der Waals surface area contributed by atoms with Gasteiger partial charge in [-0.25, -0.2) is 0 Å². The smallest absolute Gasteiger partial charge is 0.237 e. The largest absolute Gasteiger partial charge is 0.368 e. The first-order chi connectivity index (χ1) is 8.56. The molecular formula is C13H25N3O2. The number of carbonyl (C=O) groups excluding carboxylic acids is 2. The van der Waals surface area contributed by atoms with Crippen LogP contribution in [0.3, 0.4) is 0 Å². The monoisotopic (exact) mass is 255 g/mol. The average Bonchev–Trinajstić information content (AvgIpc) is 2.34. The number of primary amides is 1. The van der Waals surface area contributed by atoms with E-state index in [-0.39, 0.29) is 24.4 Å². The summed E-state index contributed by atoms with van der Waals surface area (Å²) in [5.41, 5.74) is 11.2. The van der Waals surface area contributed by atoms with Crippen LogP contribution in [-0.4, -0.2) is 35.8 Å². The highest BCUT2D eigenvalue weighted by Crippen LogP contribution is 2.24. The van der Waals surface area contributed by atoms with E-state index in [0.29, 0.717) is 6.54 Å². The van der Waals surface area contributed by atoms with Gasteiger partial charge in [-0.2, -0.15) is 0 Å². The number of carbonyl (C=O) groups is 2. The molecule has 1 rings (SSSR count). The number of amides is 2. The molecule has 0 aromatic carbocycles. The molecule has 0 radical (unpaired) electrons. The molecule has 2 unspecified atom stereocenters. The second-order valence-electron chi connectivity index (χ2n) is 5.13. The Morgan fingerprint density at radius 1 is 1.28 bits per heavy atom. The number of unbranched alkanes of at least 4 members (excludes halogenated alkanes) is 1. The van der Waals surface area contributed by atoms with Crippen molar-refractivity contribution in [1.82, 2.24) is 4.90 Å². The first kappa shape index (κ1) is 15.0. The molecule has 1 saturated carbocycles. The van der Waals surface area contributed by atoms with Crippen LogP contribution < -0.4 is 11.5 Å². The second kappa shape index (κ2) is 7.36. The second-order valence-corrected chi connectivity index (χ2v) is 5.13. The Hall–Kier alpha value is -1.10. The van der Waals surface area contributed by atoms with Gasteiger partial charge in [-0.1, -0.05) is 26.2 Å². The molecule has 1 aliphatic carbocycles. The summed E-state index contributed by atoms with van der Waals surface area (Å²) in [5, 5.41) is 0. The summed E-state index contributed by atoms with van der Waals surface area (Å²) in [6.45, 7) is 2.67. The molecule has 0 bridgehead atoms. The Balaban J connectivity index is 2.63. The average molecular weight is 255 g/mol. The number of nitrogens with two attached hydrogens (primary N) is 2. The maximum Gasteiger partial charge on any atom is 0.237 e. The lowest BCUT2D eigenvalue weighted by Crippen LogP contribution is -2.48. The number of hydrogen-bond donors (Lipinski definition) is 2. The third kappa shape index (κ3) is 4.29. The molecule has 0 aliphatic heterocycles. The van der Waals surface area contributed by atoms with Gasteiger partial charge in [0.2, 0.25) is 11.8 Å². The zero-order valence-corrected chi connectivity index (χ0v) is 11.2. The Morgan fingerprint density at radius 3 is 2.50 bits per heavy atom. The SMILES string of the molecule is CCCCN(CC(N)=O)C(=O)C1CCCCC1N. The van der Waals surface area contributed by atoms with Gasteiger partial charge in [0, 0.05) is 12.6 Å². The summed E-state index contributed by atoms with van der Waals surface area (Å²) in [6, 6.07) is -0.0664. The fourth-order valence-electron chi connectivity index (χ4n) is 2.50. The predicted octanol–water partition coefficient (Wildman–Crippen LogP) is 0.618. The Kier molecular flexibility index (Phi) is 6.12. The molecule has 0 spiro atoms. The van der Waals surface area contributed by atoms with E-state index in [9.17, 15) is 9.59 Å². The van der Waals surface area contributed by atoms with E-state index in [4.69, 9.17) is 11.5 Å². The Labute approximate surface area is 109 Å². The molecule has 5 heteroatoms. The van der Waals surface area contributed by atoms with Crippen LogP contribution in [-0.2, 0) is 9.59 Å². The number of hydrogen-bond acceptors (Lipinski definition) is 3. The molecule has 2 atom stereocenters. The highest BCUT2D eigenvalue weighted by molar-refractivity contribution is 5.85.